The standard InChI is InChI=1S/C3H8N2O2/c1-3(5-7)2-4-6/h4,6-7H,2H2,1H3. The van der Waals surface area contributed by atoms with Gasteiger partial charge in [-0.15, -0.1) is 0 Å². The molecule has 42 valence electrons. The van der Waals surface area contributed by atoms with Gasteiger partial charge in [-0.05, 0) is 6.92 Å². The summed E-state index contributed by atoms with van der Waals surface area (Å²) >= 11 is 0. The van der Waals surface area contributed by atoms with Gasteiger partial charge < -0.3 is 10.4 Å². The van der Waals surface area contributed by atoms with Gasteiger partial charge in [0.05, 0.1) is 12.3 Å². The number of hydroxylamine groups is 1. The largest absolute Gasteiger partial charge is 0.411 e. The van der Waals surface area contributed by atoms with Gasteiger partial charge in [0.25, 0.3) is 0 Å². The first-order chi connectivity index (χ1) is 3.31. The number of hydrogen-bond donors (Lipinski definition) is 3. The molecule has 0 aliphatic rings. The van der Waals surface area contributed by atoms with E-state index in [9.17, 15) is 0 Å². The van der Waals surface area contributed by atoms with Crippen molar-refractivity contribution in [1.29, 1.82) is 0 Å². The van der Waals surface area contributed by atoms with E-state index in [4.69, 9.17) is 10.4 Å². The molecule has 0 spiro atoms. The second kappa shape index (κ2) is 3.58. The van der Waals surface area contributed by atoms with Crippen molar-refractivity contribution >= 4 is 5.71 Å². The molecule has 0 aromatic rings. The maximum atomic E-state index is 7.93. The number of oxime groups is 1. The molecule has 0 unspecified atom stereocenters. The summed E-state index contributed by atoms with van der Waals surface area (Å²) in [4.78, 5) is 0. The van der Waals surface area contributed by atoms with Crippen LogP contribution in [0.15, 0.2) is 5.16 Å². The number of nitrogens with zero attached hydrogens (tertiary/aromatic N) is 1. The first-order valence-electron chi connectivity index (χ1n) is 1.85. The highest BCUT2D eigenvalue weighted by molar-refractivity contribution is 5.82. The smallest absolute Gasteiger partial charge is 0.0701 e. The third kappa shape index (κ3) is 3.21. The lowest BCUT2D eigenvalue weighted by Gasteiger charge is -1.89. The van der Waals surface area contributed by atoms with Crippen molar-refractivity contribution in [2.24, 2.45) is 5.16 Å². The molecule has 0 saturated heterocycles. The third-order valence-electron chi connectivity index (χ3n) is 0.506. The molecule has 0 heterocycles. The van der Waals surface area contributed by atoms with Crippen LogP contribution in [0.5, 0.6) is 0 Å². The molecule has 0 aromatic carbocycles. The average molecular weight is 104 g/mol. The summed E-state index contributed by atoms with van der Waals surface area (Å²) in [5.74, 6) is 0. The zero-order chi connectivity index (χ0) is 5.70. The van der Waals surface area contributed by atoms with E-state index in [1.54, 1.807) is 6.92 Å². The molecule has 4 heteroatoms. The van der Waals surface area contributed by atoms with Gasteiger partial charge in [-0.3, -0.25) is 0 Å². The maximum absolute atomic E-state index is 7.93. The fraction of sp³-hybridized carbons (Fsp3) is 0.667. The minimum Gasteiger partial charge on any atom is -0.411 e. The van der Waals surface area contributed by atoms with Crippen LogP contribution in [-0.4, -0.2) is 22.7 Å². The third-order valence-corrected chi connectivity index (χ3v) is 0.506. The monoisotopic (exact) mass is 104 g/mol. The van der Waals surface area contributed by atoms with E-state index < -0.39 is 0 Å². The number of nitrogens with one attached hydrogen (secondary N) is 1. The summed E-state index contributed by atoms with van der Waals surface area (Å²) in [5.41, 5.74) is 2.27. The van der Waals surface area contributed by atoms with Gasteiger partial charge in [0.1, 0.15) is 0 Å². The SMILES string of the molecule is CC(CNO)=NO. The molecule has 0 rings (SSSR count). The Labute approximate surface area is 41.4 Å². The molecule has 0 bridgehead atoms. The maximum Gasteiger partial charge on any atom is 0.0701 e. The van der Waals surface area contributed by atoms with Crippen LogP contribution in [0.2, 0.25) is 0 Å². The normalized spacial score (nSPS) is 12.0. The Morgan fingerprint density at radius 1 is 1.86 bits per heavy atom. The molecule has 0 atom stereocenters. The van der Waals surface area contributed by atoms with Crippen LogP contribution in [0.1, 0.15) is 6.92 Å². The van der Waals surface area contributed by atoms with Crippen LogP contribution < -0.4 is 5.48 Å². The molecule has 7 heavy (non-hydrogen) atoms. The van der Waals surface area contributed by atoms with E-state index in [2.05, 4.69) is 5.16 Å². The number of hydrogen-bond acceptors (Lipinski definition) is 4. The molecule has 0 aliphatic carbocycles. The minimum absolute atomic E-state index is 0.205. The molecule has 0 aliphatic heterocycles. The summed E-state index contributed by atoms with van der Waals surface area (Å²) in [6, 6.07) is 0. The molecule has 0 amide bonds. The average Bonchev–Trinajstić information content (AvgIpc) is 1.68. The van der Waals surface area contributed by atoms with Crippen LogP contribution in [-0.2, 0) is 0 Å². The van der Waals surface area contributed by atoms with E-state index in [0.717, 1.165) is 0 Å². The Bertz CT molecular complexity index is 71.3. The van der Waals surface area contributed by atoms with Gasteiger partial charge in [-0.2, -0.15) is 5.48 Å². The molecular weight excluding hydrogens is 96.0 g/mol. The van der Waals surface area contributed by atoms with Crippen LogP contribution in [0.3, 0.4) is 0 Å². The fourth-order valence-corrected chi connectivity index (χ4v) is 0.150. The fourth-order valence-electron chi connectivity index (χ4n) is 0.150. The van der Waals surface area contributed by atoms with Crippen molar-refractivity contribution in [2.45, 2.75) is 6.92 Å². The van der Waals surface area contributed by atoms with E-state index in [0.29, 0.717) is 5.71 Å². The van der Waals surface area contributed by atoms with Crippen molar-refractivity contribution in [3.05, 3.63) is 0 Å². The summed E-state index contributed by atoms with van der Waals surface area (Å²) < 4.78 is 0. The quantitative estimate of drug-likeness (QED) is 0.258. The predicted octanol–water partition coefficient (Wildman–Crippen LogP) is -0.185. The lowest BCUT2D eigenvalue weighted by Crippen LogP contribution is -2.16. The molecule has 0 radical (unpaired) electrons. The van der Waals surface area contributed by atoms with Crippen LogP contribution in [0.4, 0.5) is 0 Å². The van der Waals surface area contributed by atoms with Crippen LogP contribution in [0.25, 0.3) is 0 Å². The zero-order valence-electron chi connectivity index (χ0n) is 4.05. The van der Waals surface area contributed by atoms with Crippen LogP contribution in [0, 0.1) is 0 Å². The second-order valence-corrected chi connectivity index (χ2v) is 1.17. The Balaban J connectivity index is 3.17. The topological polar surface area (TPSA) is 64.8 Å². The van der Waals surface area contributed by atoms with E-state index in [-0.39, 0.29) is 6.54 Å². The van der Waals surface area contributed by atoms with Gasteiger partial charge in [0.2, 0.25) is 0 Å². The number of rotatable bonds is 2. The van der Waals surface area contributed by atoms with Crippen molar-refractivity contribution in [2.75, 3.05) is 6.54 Å². The molecule has 0 fully saturated rings. The van der Waals surface area contributed by atoms with E-state index >= 15 is 0 Å². The molecule has 4 nitrogen and oxygen atoms in total. The lowest BCUT2D eigenvalue weighted by atomic mass is 10.4. The van der Waals surface area contributed by atoms with Crippen molar-refractivity contribution in [3.63, 3.8) is 0 Å². The van der Waals surface area contributed by atoms with Gasteiger partial charge in [0.15, 0.2) is 0 Å². The first kappa shape index (κ1) is 6.39. The van der Waals surface area contributed by atoms with Crippen LogP contribution >= 0.6 is 0 Å². The van der Waals surface area contributed by atoms with Gasteiger partial charge in [-0.25, -0.2) is 0 Å². The predicted molar refractivity (Wildman–Crippen MR) is 24.7 cm³/mol. The molecular formula is C3H8N2O2. The minimum atomic E-state index is 0.205. The molecule has 0 saturated carbocycles. The Morgan fingerprint density at radius 2 is 2.43 bits per heavy atom. The summed E-state index contributed by atoms with van der Waals surface area (Å²) in [6.45, 7) is 1.79. The summed E-state index contributed by atoms with van der Waals surface area (Å²) in [7, 11) is 0. The van der Waals surface area contributed by atoms with E-state index in [1.807, 2.05) is 5.48 Å². The van der Waals surface area contributed by atoms with Crippen molar-refractivity contribution in [1.82, 2.24) is 5.48 Å². The highest BCUT2D eigenvalue weighted by Gasteiger charge is 1.83. The van der Waals surface area contributed by atoms with E-state index in [1.165, 1.54) is 0 Å². The highest BCUT2D eigenvalue weighted by Crippen LogP contribution is 1.66. The van der Waals surface area contributed by atoms with Gasteiger partial charge in [0, 0.05) is 0 Å². The Morgan fingerprint density at radius 3 is 2.57 bits per heavy atom. The van der Waals surface area contributed by atoms with Crippen molar-refractivity contribution in [3.8, 4) is 0 Å². The van der Waals surface area contributed by atoms with Crippen molar-refractivity contribution < 1.29 is 10.4 Å². The molecule has 0 aromatic heterocycles. The highest BCUT2D eigenvalue weighted by atomic mass is 16.5. The Hall–Kier alpha value is -0.610. The Kier molecular flexibility index (Phi) is 3.26. The molecule has 3 N–H and O–H groups in total. The summed E-state index contributed by atoms with van der Waals surface area (Å²) in [6.07, 6.45) is 0. The van der Waals surface area contributed by atoms with Gasteiger partial charge >= 0.3 is 0 Å². The second-order valence-electron chi connectivity index (χ2n) is 1.17. The summed E-state index contributed by atoms with van der Waals surface area (Å²) in [5, 5.41) is 18.6. The van der Waals surface area contributed by atoms with Gasteiger partial charge in [-0.1, -0.05) is 5.16 Å². The lowest BCUT2D eigenvalue weighted by molar-refractivity contribution is 0.182. The first-order valence-corrected chi connectivity index (χ1v) is 1.85. The zero-order valence-corrected chi connectivity index (χ0v) is 4.05.